The van der Waals surface area contributed by atoms with Gasteiger partial charge < -0.3 is 10.0 Å². The van der Waals surface area contributed by atoms with Gasteiger partial charge in [-0.1, -0.05) is 18.2 Å². The Morgan fingerprint density at radius 1 is 1.33 bits per heavy atom. The molecule has 0 aliphatic carbocycles. The fourth-order valence-corrected chi connectivity index (χ4v) is 3.53. The molecule has 2 heterocycles. The number of nitrogens with zero attached hydrogens (tertiary/aromatic N) is 2. The highest BCUT2D eigenvalue weighted by molar-refractivity contribution is 7.13. The maximum Gasteiger partial charge on any atom is 0.312 e. The predicted molar refractivity (Wildman–Crippen MR) is 80.1 cm³/mol. The molecule has 1 aliphatic rings. The standard InChI is InChI=1S/C15H14N2O3S/c1-8-13(21-9(2)16-8)14(18)17-7-11(15(19)20)10-5-3-4-6-12(10)17/h3-6,11H,7H2,1-2H3,(H,19,20). The maximum absolute atomic E-state index is 12.7. The fourth-order valence-electron chi connectivity index (χ4n) is 2.66. The van der Waals surface area contributed by atoms with Gasteiger partial charge >= 0.3 is 5.97 Å². The van der Waals surface area contributed by atoms with E-state index in [0.717, 1.165) is 5.01 Å². The molecular weight excluding hydrogens is 288 g/mol. The zero-order valence-electron chi connectivity index (χ0n) is 11.7. The van der Waals surface area contributed by atoms with Crippen LogP contribution in [0.4, 0.5) is 5.69 Å². The average molecular weight is 302 g/mol. The smallest absolute Gasteiger partial charge is 0.312 e. The van der Waals surface area contributed by atoms with Crippen LogP contribution >= 0.6 is 11.3 Å². The maximum atomic E-state index is 12.7. The minimum atomic E-state index is -0.907. The van der Waals surface area contributed by atoms with Crippen LogP contribution in [-0.2, 0) is 4.79 Å². The Labute approximate surface area is 125 Å². The molecule has 0 saturated carbocycles. The Kier molecular flexibility index (Phi) is 3.25. The van der Waals surface area contributed by atoms with Crippen LogP contribution in [-0.4, -0.2) is 28.5 Å². The van der Waals surface area contributed by atoms with E-state index in [0.29, 0.717) is 21.8 Å². The van der Waals surface area contributed by atoms with E-state index < -0.39 is 11.9 Å². The number of aliphatic carboxylic acids is 1. The van der Waals surface area contributed by atoms with E-state index >= 15 is 0 Å². The van der Waals surface area contributed by atoms with Crippen LogP contribution in [0.5, 0.6) is 0 Å². The van der Waals surface area contributed by atoms with Gasteiger partial charge in [0.1, 0.15) is 10.8 Å². The van der Waals surface area contributed by atoms with Gasteiger partial charge in [0.05, 0.1) is 10.7 Å². The summed E-state index contributed by atoms with van der Waals surface area (Å²) in [6, 6.07) is 7.17. The lowest BCUT2D eigenvalue weighted by Gasteiger charge is -2.16. The lowest BCUT2D eigenvalue weighted by atomic mass is 10.0. The summed E-state index contributed by atoms with van der Waals surface area (Å²) in [6.45, 7) is 3.82. The van der Waals surface area contributed by atoms with Crippen molar-refractivity contribution in [2.45, 2.75) is 19.8 Å². The SMILES string of the molecule is Cc1nc(C)c(C(=O)N2CC(C(=O)O)c3ccccc32)s1. The molecule has 6 heteroatoms. The molecule has 1 aliphatic heterocycles. The van der Waals surface area contributed by atoms with Gasteiger partial charge in [0.15, 0.2) is 0 Å². The van der Waals surface area contributed by atoms with Crippen LogP contribution in [0.25, 0.3) is 0 Å². The first kappa shape index (κ1) is 13.8. The van der Waals surface area contributed by atoms with Crippen molar-refractivity contribution in [1.82, 2.24) is 4.98 Å². The Morgan fingerprint density at radius 2 is 2.05 bits per heavy atom. The monoisotopic (exact) mass is 302 g/mol. The molecule has 0 bridgehead atoms. The van der Waals surface area contributed by atoms with E-state index in [2.05, 4.69) is 4.98 Å². The molecule has 1 atom stereocenters. The van der Waals surface area contributed by atoms with Crippen LogP contribution in [0.3, 0.4) is 0 Å². The number of carbonyl (C=O) groups is 2. The van der Waals surface area contributed by atoms with Crippen molar-refractivity contribution < 1.29 is 14.7 Å². The highest BCUT2D eigenvalue weighted by Gasteiger charge is 2.37. The zero-order valence-corrected chi connectivity index (χ0v) is 12.5. The van der Waals surface area contributed by atoms with E-state index in [-0.39, 0.29) is 12.5 Å². The van der Waals surface area contributed by atoms with Gasteiger partial charge in [-0.3, -0.25) is 9.59 Å². The van der Waals surface area contributed by atoms with Gasteiger partial charge in [0.25, 0.3) is 5.91 Å². The highest BCUT2D eigenvalue weighted by Crippen LogP contribution is 2.37. The van der Waals surface area contributed by atoms with Crippen molar-refractivity contribution in [2.24, 2.45) is 0 Å². The van der Waals surface area contributed by atoms with Gasteiger partial charge in [-0.15, -0.1) is 11.3 Å². The number of para-hydroxylation sites is 1. The van der Waals surface area contributed by atoms with Crippen molar-refractivity contribution in [3.63, 3.8) is 0 Å². The number of hydrogen-bond acceptors (Lipinski definition) is 4. The molecule has 1 unspecified atom stereocenters. The predicted octanol–water partition coefficient (Wildman–Crippen LogP) is 2.59. The number of carbonyl (C=O) groups excluding carboxylic acids is 1. The second kappa shape index (κ2) is 4.96. The van der Waals surface area contributed by atoms with Crippen LogP contribution in [0.2, 0.25) is 0 Å². The summed E-state index contributed by atoms with van der Waals surface area (Å²) in [4.78, 5) is 30.5. The molecular formula is C15H14N2O3S. The molecule has 2 aromatic rings. The summed E-state index contributed by atoms with van der Waals surface area (Å²) >= 11 is 1.34. The number of amides is 1. The summed E-state index contributed by atoms with van der Waals surface area (Å²) in [5.41, 5.74) is 2.07. The summed E-state index contributed by atoms with van der Waals surface area (Å²) in [7, 11) is 0. The Bertz CT molecular complexity index is 738. The minimum absolute atomic E-state index is 0.171. The number of thiazole rings is 1. The topological polar surface area (TPSA) is 70.5 Å². The molecule has 0 fully saturated rings. The quantitative estimate of drug-likeness (QED) is 0.925. The molecule has 1 N–H and O–H groups in total. The van der Waals surface area contributed by atoms with Gasteiger partial charge in [0.2, 0.25) is 0 Å². The fraction of sp³-hybridized carbons (Fsp3) is 0.267. The van der Waals surface area contributed by atoms with Crippen molar-refractivity contribution in [2.75, 3.05) is 11.4 Å². The number of anilines is 1. The number of aryl methyl sites for hydroxylation is 2. The van der Waals surface area contributed by atoms with Crippen LogP contribution in [0.1, 0.15) is 31.9 Å². The highest BCUT2D eigenvalue weighted by atomic mass is 32.1. The summed E-state index contributed by atoms with van der Waals surface area (Å²) in [5.74, 6) is -1.75. The number of aromatic nitrogens is 1. The molecule has 1 aromatic carbocycles. The first-order valence-corrected chi connectivity index (χ1v) is 7.38. The zero-order chi connectivity index (χ0) is 15.1. The largest absolute Gasteiger partial charge is 0.481 e. The van der Waals surface area contributed by atoms with Crippen molar-refractivity contribution >= 4 is 28.9 Å². The number of carboxylic acid groups (broad SMARTS) is 1. The van der Waals surface area contributed by atoms with Crippen molar-refractivity contribution in [1.29, 1.82) is 0 Å². The molecule has 3 rings (SSSR count). The Balaban J connectivity index is 2.02. The first-order valence-electron chi connectivity index (χ1n) is 6.56. The lowest BCUT2D eigenvalue weighted by Crippen LogP contribution is -2.31. The molecule has 0 saturated heterocycles. The summed E-state index contributed by atoms with van der Waals surface area (Å²) < 4.78 is 0. The number of benzene rings is 1. The van der Waals surface area contributed by atoms with Crippen LogP contribution in [0.15, 0.2) is 24.3 Å². The first-order chi connectivity index (χ1) is 9.99. The van der Waals surface area contributed by atoms with Crippen LogP contribution < -0.4 is 4.90 Å². The second-order valence-corrected chi connectivity index (χ2v) is 6.22. The number of carboxylic acids is 1. The normalized spacial score (nSPS) is 16.9. The van der Waals surface area contributed by atoms with E-state index in [1.165, 1.54) is 11.3 Å². The third kappa shape index (κ3) is 2.21. The average Bonchev–Trinajstić information content (AvgIpc) is 2.98. The third-order valence-electron chi connectivity index (χ3n) is 3.61. The van der Waals surface area contributed by atoms with E-state index in [9.17, 15) is 14.7 Å². The number of hydrogen-bond donors (Lipinski definition) is 1. The van der Waals surface area contributed by atoms with Crippen molar-refractivity contribution in [3.05, 3.63) is 45.4 Å². The Hall–Kier alpha value is -2.21. The van der Waals surface area contributed by atoms with Crippen molar-refractivity contribution in [3.8, 4) is 0 Å². The van der Waals surface area contributed by atoms with Gasteiger partial charge in [0, 0.05) is 12.2 Å². The lowest BCUT2D eigenvalue weighted by molar-refractivity contribution is -0.138. The molecule has 0 radical (unpaired) electrons. The van der Waals surface area contributed by atoms with Gasteiger partial charge in [-0.05, 0) is 25.5 Å². The second-order valence-electron chi connectivity index (χ2n) is 5.01. The van der Waals surface area contributed by atoms with E-state index in [1.54, 1.807) is 30.0 Å². The van der Waals surface area contributed by atoms with Crippen LogP contribution in [0, 0.1) is 13.8 Å². The Morgan fingerprint density at radius 3 is 2.67 bits per heavy atom. The number of fused-ring (bicyclic) bond motifs is 1. The van der Waals surface area contributed by atoms with Gasteiger partial charge in [-0.25, -0.2) is 4.98 Å². The molecule has 0 spiro atoms. The molecule has 5 nitrogen and oxygen atoms in total. The molecule has 21 heavy (non-hydrogen) atoms. The number of rotatable bonds is 2. The van der Waals surface area contributed by atoms with E-state index in [4.69, 9.17) is 0 Å². The summed E-state index contributed by atoms with van der Waals surface area (Å²) in [6.07, 6.45) is 0. The molecule has 1 amide bonds. The van der Waals surface area contributed by atoms with E-state index in [1.807, 2.05) is 13.0 Å². The molecule has 1 aromatic heterocycles. The minimum Gasteiger partial charge on any atom is -0.481 e. The van der Waals surface area contributed by atoms with Gasteiger partial charge in [-0.2, -0.15) is 0 Å². The molecule has 108 valence electrons. The summed E-state index contributed by atoms with van der Waals surface area (Å²) in [5, 5.41) is 10.2. The third-order valence-corrected chi connectivity index (χ3v) is 4.67.